The normalized spacial score (nSPS) is 18.3. The topological polar surface area (TPSA) is 26.7 Å². The predicted molar refractivity (Wildman–Crippen MR) is 90.5 cm³/mol. The third-order valence-electron chi connectivity index (χ3n) is 4.31. The summed E-state index contributed by atoms with van der Waals surface area (Å²) in [5.74, 6) is 0.264. The summed E-state index contributed by atoms with van der Waals surface area (Å²) in [5.41, 5.74) is 2.12. The molecular weight excluding hydrogens is 296 g/mol. The van der Waals surface area contributed by atoms with Crippen molar-refractivity contribution in [2.45, 2.75) is 6.04 Å². The first-order valence-corrected chi connectivity index (χ1v) is 7.99. The third kappa shape index (κ3) is 3.27. The first-order chi connectivity index (χ1) is 10.6. The summed E-state index contributed by atoms with van der Waals surface area (Å²) in [6, 6.07) is 15.8. The van der Waals surface area contributed by atoms with E-state index in [4.69, 9.17) is 11.6 Å². The lowest BCUT2D eigenvalue weighted by Gasteiger charge is -2.38. The Hall–Kier alpha value is -1.55. The van der Waals surface area contributed by atoms with Crippen LogP contribution in [0.1, 0.15) is 17.2 Å². The molecule has 1 unspecified atom stereocenters. The summed E-state index contributed by atoms with van der Waals surface area (Å²) < 4.78 is 0. The summed E-state index contributed by atoms with van der Waals surface area (Å²) in [4.78, 5) is 4.76. The van der Waals surface area contributed by atoms with Crippen LogP contribution < -0.4 is 0 Å². The Labute approximate surface area is 136 Å². The number of phenolic OH excluding ortho intramolecular Hbond substituents is 1. The number of hydrogen-bond acceptors (Lipinski definition) is 3. The van der Waals surface area contributed by atoms with Crippen molar-refractivity contribution in [1.29, 1.82) is 0 Å². The van der Waals surface area contributed by atoms with Gasteiger partial charge in [0.1, 0.15) is 5.75 Å². The molecule has 0 radical (unpaired) electrons. The molecule has 0 spiro atoms. The molecule has 0 aromatic heterocycles. The standard InChI is InChI=1S/C18H21ClN2O/c1-20-9-11-21(12-10-20)18(14-5-3-2-4-6-14)16-8-7-15(19)13-17(16)22/h2-8,13,18,22H,9-12H2,1H3. The van der Waals surface area contributed by atoms with Gasteiger partial charge in [0.25, 0.3) is 0 Å². The summed E-state index contributed by atoms with van der Waals surface area (Å²) in [5, 5.41) is 10.9. The van der Waals surface area contributed by atoms with Gasteiger partial charge in [-0.05, 0) is 24.7 Å². The van der Waals surface area contributed by atoms with Gasteiger partial charge in [-0.2, -0.15) is 0 Å². The van der Waals surface area contributed by atoms with Crippen LogP contribution in [-0.4, -0.2) is 48.1 Å². The second kappa shape index (κ2) is 6.69. The van der Waals surface area contributed by atoms with E-state index < -0.39 is 0 Å². The molecule has 1 aliphatic rings. The number of likely N-dealkylation sites (N-methyl/N-ethyl adjacent to an activating group) is 1. The highest BCUT2D eigenvalue weighted by atomic mass is 35.5. The molecule has 116 valence electrons. The molecule has 0 amide bonds. The van der Waals surface area contributed by atoms with Crippen LogP contribution in [0.3, 0.4) is 0 Å². The van der Waals surface area contributed by atoms with Crippen LogP contribution in [-0.2, 0) is 0 Å². The highest BCUT2D eigenvalue weighted by molar-refractivity contribution is 6.30. The van der Waals surface area contributed by atoms with Crippen molar-refractivity contribution >= 4 is 11.6 Å². The van der Waals surface area contributed by atoms with Crippen LogP contribution in [0.5, 0.6) is 5.75 Å². The van der Waals surface area contributed by atoms with Gasteiger partial charge in [-0.3, -0.25) is 4.90 Å². The molecule has 0 bridgehead atoms. The van der Waals surface area contributed by atoms with Crippen LogP contribution in [0, 0.1) is 0 Å². The third-order valence-corrected chi connectivity index (χ3v) is 4.54. The van der Waals surface area contributed by atoms with Gasteiger partial charge in [0.2, 0.25) is 0 Å². The lowest BCUT2D eigenvalue weighted by atomic mass is 9.95. The first kappa shape index (κ1) is 15.3. The van der Waals surface area contributed by atoms with Crippen molar-refractivity contribution in [1.82, 2.24) is 9.80 Å². The van der Waals surface area contributed by atoms with E-state index in [9.17, 15) is 5.11 Å². The molecule has 1 N–H and O–H groups in total. The number of hydrogen-bond donors (Lipinski definition) is 1. The van der Waals surface area contributed by atoms with Gasteiger partial charge in [0.15, 0.2) is 0 Å². The van der Waals surface area contributed by atoms with Crippen LogP contribution in [0.15, 0.2) is 48.5 Å². The van der Waals surface area contributed by atoms with Crippen molar-refractivity contribution in [2.24, 2.45) is 0 Å². The summed E-state index contributed by atoms with van der Waals surface area (Å²) in [7, 11) is 2.15. The lowest BCUT2D eigenvalue weighted by Crippen LogP contribution is -2.46. The summed E-state index contributed by atoms with van der Waals surface area (Å²) in [6.45, 7) is 4.05. The summed E-state index contributed by atoms with van der Waals surface area (Å²) in [6.07, 6.45) is 0. The fourth-order valence-corrected chi connectivity index (χ4v) is 3.22. The Balaban J connectivity index is 1.99. The average molecular weight is 317 g/mol. The van der Waals surface area contributed by atoms with Crippen molar-refractivity contribution in [3.8, 4) is 5.75 Å². The number of rotatable bonds is 3. The molecule has 1 fully saturated rings. The highest BCUT2D eigenvalue weighted by Crippen LogP contribution is 2.36. The quantitative estimate of drug-likeness (QED) is 0.940. The van der Waals surface area contributed by atoms with Gasteiger partial charge in [-0.1, -0.05) is 48.0 Å². The predicted octanol–water partition coefficient (Wildman–Crippen LogP) is 3.38. The smallest absolute Gasteiger partial charge is 0.122 e. The number of halogens is 1. The maximum Gasteiger partial charge on any atom is 0.122 e. The van der Waals surface area contributed by atoms with Gasteiger partial charge in [-0.15, -0.1) is 0 Å². The van der Waals surface area contributed by atoms with Gasteiger partial charge >= 0.3 is 0 Å². The molecule has 3 nitrogen and oxygen atoms in total. The van der Waals surface area contributed by atoms with E-state index in [1.807, 2.05) is 30.3 Å². The monoisotopic (exact) mass is 316 g/mol. The molecule has 1 heterocycles. The maximum absolute atomic E-state index is 10.4. The molecule has 0 aliphatic carbocycles. The molecule has 1 atom stereocenters. The molecule has 2 aromatic carbocycles. The molecule has 1 saturated heterocycles. The van der Waals surface area contributed by atoms with Crippen LogP contribution >= 0.6 is 11.6 Å². The molecule has 2 aromatic rings. The minimum absolute atomic E-state index is 0.0622. The van der Waals surface area contributed by atoms with E-state index in [1.54, 1.807) is 6.07 Å². The first-order valence-electron chi connectivity index (χ1n) is 7.61. The van der Waals surface area contributed by atoms with Gasteiger partial charge in [0.05, 0.1) is 6.04 Å². The van der Waals surface area contributed by atoms with E-state index in [-0.39, 0.29) is 11.8 Å². The lowest BCUT2D eigenvalue weighted by molar-refractivity contribution is 0.126. The van der Waals surface area contributed by atoms with Crippen molar-refractivity contribution in [3.63, 3.8) is 0 Å². The molecular formula is C18H21ClN2O. The van der Waals surface area contributed by atoms with E-state index in [0.29, 0.717) is 5.02 Å². The second-order valence-electron chi connectivity index (χ2n) is 5.86. The van der Waals surface area contributed by atoms with Gasteiger partial charge in [0, 0.05) is 36.8 Å². The molecule has 22 heavy (non-hydrogen) atoms. The summed E-state index contributed by atoms with van der Waals surface area (Å²) >= 11 is 5.99. The van der Waals surface area contributed by atoms with E-state index in [2.05, 4.69) is 29.0 Å². The molecule has 0 saturated carbocycles. The Morgan fingerprint density at radius 1 is 1.00 bits per heavy atom. The molecule has 4 heteroatoms. The Kier molecular flexibility index (Phi) is 4.67. The second-order valence-corrected chi connectivity index (χ2v) is 6.29. The number of phenols is 1. The highest BCUT2D eigenvalue weighted by Gasteiger charge is 2.27. The number of benzene rings is 2. The Morgan fingerprint density at radius 2 is 1.68 bits per heavy atom. The SMILES string of the molecule is CN1CCN(C(c2ccccc2)c2ccc(Cl)cc2O)CC1. The Bertz CT molecular complexity index is 624. The van der Waals surface area contributed by atoms with Gasteiger partial charge in [-0.25, -0.2) is 0 Å². The van der Waals surface area contributed by atoms with Crippen LogP contribution in [0.25, 0.3) is 0 Å². The fourth-order valence-electron chi connectivity index (χ4n) is 3.05. The molecule has 1 aliphatic heterocycles. The van der Waals surface area contributed by atoms with Crippen LogP contribution in [0.2, 0.25) is 5.02 Å². The number of piperazine rings is 1. The largest absolute Gasteiger partial charge is 0.508 e. The van der Waals surface area contributed by atoms with Crippen molar-refractivity contribution in [2.75, 3.05) is 33.2 Å². The van der Waals surface area contributed by atoms with Crippen molar-refractivity contribution in [3.05, 3.63) is 64.7 Å². The zero-order valence-corrected chi connectivity index (χ0v) is 13.5. The zero-order chi connectivity index (χ0) is 15.5. The number of nitrogens with zero attached hydrogens (tertiary/aromatic N) is 2. The average Bonchev–Trinajstić information content (AvgIpc) is 2.52. The van der Waals surface area contributed by atoms with Crippen molar-refractivity contribution < 1.29 is 5.11 Å². The van der Waals surface area contributed by atoms with E-state index >= 15 is 0 Å². The zero-order valence-electron chi connectivity index (χ0n) is 12.7. The van der Waals surface area contributed by atoms with E-state index in [0.717, 1.165) is 31.7 Å². The Morgan fingerprint density at radius 3 is 2.32 bits per heavy atom. The minimum atomic E-state index is 0.0622. The van der Waals surface area contributed by atoms with Gasteiger partial charge < -0.3 is 10.0 Å². The molecule has 3 rings (SSSR count). The number of aromatic hydroxyl groups is 1. The minimum Gasteiger partial charge on any atom is -0.508 e. The fraction of sp³-hybridized carbons (Fsp3) is 0.333. The van der Waals surface area contributed by atoms with Crippen LogP contribution in [0.4, 0.5) is 0 Å². The maximum atomic E-state index is 10.4. The van der Waals surface area contributed by atoms with E-state index in [1.165, 1.54) is 5.56 Å².